The van der Waals surface area contributed by atoms with E-state index in [0.717, 1.165) is 0 Å². The number of alkyl halides is 12. The number of hydrogen-bond donors (Lipinski definition) is 3. The monoisotopic (exact) mass is 1190 g/mol. The van der Waals surface area contributed by atoms with Gasteiger partial charge in [-0.1, -0.05) is 0 Å². The average molecular weight is 1190 g/mol. The summed E-state index contributed by atoms with van der Waals surface area (Å²) < 4.78 is 255. The Kier molecular flexibility index (Phi) is 32.4. The summed E-state index contributed by atoms with van der Waals surface area (Å²) in [5.74, 6) is -15.0. The molecule has 18 nitrogen and oxygen atoms in total. The van der Waals surface area contributed by atoms with Crippen LogP contribution in [0.3, 0.4) is 0 Å². The minimum atomic E-state index is -5.12. The highest BCUT2D eigenvalue weighted by atomic mass is 31.3. The largest absolute Gasteiger partial charge is 0.500 e. The second-order valence-electron chi connectivity index (χ2n) is 14.9. The Morgan fingerprint density at radius 2 is 0.542 bits per heavy atom. The van der Waals surface area contributed by atoms with Crippen LogP contribution in [0, 0.1) is 0 Å². The first-order valence-electron chi connectivity index (χ1n) is 23.6. The minimum Gasteiger partial charge on any atom is -0.374 e. The fraction of sp³-hybridized carbons (Fsp3) is 1.00. The summed E-state index contributed by atoms with van der Waals surface area (Å²) >= 11 is 0. The maximum atomic E-state index is 15.0. The summed E-state index contributed by atoms with van der Waals surface area (Å²) in [6.07, 6.45) is -13.6. The average Bonchev–Trinajstić information content (AvgIpc) is 3.30. The quantitative estimate of drug-likeness (QED) is 0.0226. The van der Waals surface area contributed by atoms with Crippen LogP contribution in [0.25, 0.3) is 0 Å². The standard InChI is InChI=1S/C36H75F12N6O12P3Si3/c1-10-58-70(59-11-2,60-12-3)25-19-22-49-67(55-28-34(43,44)31(37)38)52-68(56-29-35(45,46)32(39)40,50-23-20-26-71(61-13-4,62-14-5)63-15-6)54-69(53-67,57-30-36(47,48)33(41)42)51-24-21-27-72(64-16-7,65-17-8)66-18-9/h31-33,49-51H,10-30H2,1-9H3. The minimum absolute atomic E-state index is 0.0331. The zero-order chi connectivity index (χ0) is 54.8. The third-order valence-electron chi connectivity index (χ3n) is 9.21. The Labute approximate surface area is 418 Å². The number of hydrogen-bond acceptors (Lipinski definition) is 18. The van der Waals surface area contributed by atoms with E-state index in [2.05, 4.69) is 28.8 Å². The molecule has 0 saturated carbocycles. The van der Waals surface area contributed by atoms with Crippen LogP contribution >= 0.6 is 22.7 Å². The number of halogens is 12. The molecule has 1 heterocycles. The van der Waals surface area contributed by atoms with Gasteiger partial charge < -0.3 is 53.4 Å². The third kappa shape index (κ3) is 23.1. The van der Waals surface area contributed by atoms with Gasteiger partial charge in [0.15, 0.2) is 0 Å². The van der Waals surface area contributed by atoms with Gasteiger partial charge in [0.2, 0.25) is 0 Å². The molecule has 432 valence electrons. The number of nitrogens with zero attached hydrogens (tertiary/aromatic N) is 3. The molecule has 0 fully saturated rings. The number of nitrogens with one attached hydrogen (secondary N) is 3. The molecule has 1 aliphatic rings. The maximum Gasteiger partial charge on any atom is 0.500 e. The molecule has 3 N–H and O–H groups in total. The summed E-state index contributed by atoms with van der Waals surface area (Å²) in [7, 11) is -25.9. The molecule has 36 heteroatoms. The van der Waals surface area contributed by atoms with Crippen LogP contribution in [0.2, 0.25) is 18.1 Å². The van der Waals surface area contributed by atoms with Crippen LogP contribution in [0.1, 0.15) is 81.6 Å². The number of rotatable bonds is 45. The predicted octanol–water partition coefficient (Wildman–Crippen LogP) is 11.7. The van der Waals surface area contributed by atoms with Gasteiger partial charge in [0.1, 0.15) is 19.8 Å². The highest BCUT2D eigenvalue weighted by Crippen LogP contribution is 2.76. The third-order valence-corrected chi connectivity index (χ3v) is 27.9. The van der Waals surface area contributed by atoms with E-state index in [0.29, 0.717) is 0 Å². The van der Waals surface area contributed by atoms with Crippen molar-refractivity contribution in [1.29, 1.82) is 0 Å². The van der Waals surface area contributed by atoms with Gasteiger partial charge in [-0.25, -0.2) is 41.6 Å². The fourth-order valence-electron chi connectivity index (χ4n) is 6.34. The topological polar surface area (TPSA) is 184 Å². The molecule has 72 heavy (non-hydrogen) atoms. The fourth-order valence-corrected chi connectivity index (χ4v) is 24.9. The van der Waals surface area contributed by atoms with E-state index in [1.807, 2.05) is 0 Å². The van der Waals surface area contributed by atoms with E-state index in [1.54, 1.807) is 62.3 Å². The molecule has 0 unspecified atom stereocenters. The van der Waals surface area contributed by atoms with Crippen LogP contribution in [-0.2, 0) is 53.4 Å². The van der Waals surface area contributed by atoms with Crippen molar-refractivity contribution >= 4 is 49.2 Å². The lowest BCUT2D eigenvalue weighted by atomic mass is 10.4. The highest BCUT2D eigenvalue weighted by molar-refractivity contribution is 7.81. The zero-order valence-corrected chi connectivity index (χ0v) is 47.9. The lowest BCUT2D eigenvalue weighted by molar-refractivity contribution is -0.148. The van der Waals surface area contributed by atoms with Crippen molar-refractivity contribution in [2.45, 2.75) is 137 Å². The summed E-state index contributed by atoms with van der Waals surface area (Å²) in [6, 6.07) is -0.0993. The van der Waals surface area contributed by atoms with Gasteiger partial charge in [-0.3, -0.25) is 0 Å². The smallest absolute Gasteiger partial charge is 0.374 e. The van der Waals surface area contributed by atoms with E-state index in [4.69, 9.17) is 53.4 Å². The van der Waals surface area contributed by atoms with Crippen molar-refractivity contribution in [3.63, 3.8) is 0 Å². The van der Waals surface area contributed by atoms with Crippen LogP contribution in [0.15, 0.2) is 13.5 Å². The first-order chi connectivity index (χ1) is 33.7. The lowest BCUT2D eigenvalue weighted by Gasteiger charge is -2.37. The summed E-state index contributed by atoms with van der Waals surface area (Å²) in [5.41, 5.74) is 0. The summed E-state index contributed by atoms with van der Waals surface area (Å²) in [4.78, 5) is 0. The van der Waals surface area contributed by atoms with Gasteiger partial charge in [-0.2, -0.15) is 39.9 Å². The molecular formula is C36H75F12N6O12P3Si3. The summed E-state index contributed by atoms with van der Waals surface area (Å²) in [5, 5.41) is 7.91. The van der Waals surface area contributed by atoms with Crippen molar-refractivity contribution in [3.05, 3.63) is 0 Å². The molecule has 0 atom stereocenters. The molecule has 0 spiro atoms. The van der Waals surface area contributed by atoms with E-state index >= 15 is 0 Å². The Hall–Kier alpha value is -0.0994. The Bertz CT molecular complexity index is 1450. The molecule has 0 saturated heterocycles. The van der Waals surface area contributed by atoms with Crippen molar-refractivity contribution in [2.24, 2.45) is 13.5 Å². The molecule has 0 aromatic carbocycles. The maximum absolute atomic E-state index is 15.0. The molecule has 0 amide bonds. The van der Waals surface area contributed by atoms with Crippen LogP contribution in [-0.4, -0.2) is 162 Å². The molecule has 0 aliphatic carbocycles. The lowest BCUT2D eigenvalue weighted by Crippen LogP contribution is -2.46. The predicted molar refractivity (Wildman–Crippen MR) is 253 cm³/mol. The molecular weight excluding hydrogens is 1110 g/mol. The van der Waals surface area contributed by atoms with Crippen LogP contribution < -0.4 is 15.3 Å². The van der Waals surface area contributed by atoms with Crippen molar-refractivity contribution in [2.75, 3.05) is 98.9 Å². The Morgan fingerprint density at radius 3 is 0.694 bits per heavy atom. The SMILES string of the molecule is CCO[Si](CCCNP1(OCC(F)(F)C(F)F)=NP(NCCC[Si](OCC)(OCC)OCC)(OCC(F)(F)C(F)F)=NP(NCCC[Si](OCC)(OCC)OCC)(OCC(F)(F)C(F)F)=N1)(OCC)OCC. The van der Waals surface area contributed by atoms with Gasteiger partial charge in [-0.05, 0) is 81.6 Å². The van der Waals surface area contributed by atoms with E-state index in [-0.39, 0.29) is 96.9 Å². The molecule has 0 aromatic heterocycles. The first-order valence-corrected chi connectivity index (χ1v) is 34.2. The second-order valence-corrected chi connectivity index (χ2v) is 30.2. The van der Waals surface area contributed by atoms with Gasteiger partial charge in [-0.15, -0.1) is 0 Å². The zero-order valence-electron chi connectivity index (χ0n) is 42.2. The second kappa shape index (κ2) is 33.4. The van der Waals surface area contributed by atoms with Crippen LogP contribution in [0.4, 0.5) is 52.7 Å². The summed E-state index contributed by atoms with van der Waals surface area (Å²) in [6.45, 7) is 7.68. The molecule has 1 rings (SSSR count). The molecule has 0 bridgehead atoms. The Balaban J connectivity index is 4.53. The van der Waals surface area contributed by atoms with E-state index in [9.17, 15) is 52.7 Å². The van der Waals surface area contributed by atoms with E-state index in [1.165, 1.54) is 0 Å². The molecule has 0 aromatic rings. The van der Waals surface area contributed by atoms with Gasteiger partial charge in [0.05, 0.1) is 0 Å². The first kappa shape index (κ1) is 69.9. The van der Waals surface area contributed by atoms with Gasteiger partial charge in [0, 0.05) is 97.2 Å². The molecule has 0 radical (unpaired) electrons. The van der Waals surface area contributed by atoms with Crippen molar-refractivity contribution < 1.29 is 106 Å². The highest BCUT2D eigenvalue weighted by Gasteiger charge is 2.51. The van der Waals surface area contributed by atoms with Crippen molar-refractivity contribution in [3.8, 4) is 0 Å². The Morgan fingerprint density at radius 1 is 0.361 bits per heavy atom. The van der Waals surface area contributed by atoms with Crippen LogP contribution in [0.5, 0.6) is 0 Å². The van der Waals surface area contributed by atoms with Crippen molar-refractivity contribution in [1.82, 2.24) is 15.3 Å². The molecule has 1 aliphatic heterocycles. The normalized spacial score (nSPS) is 20.7. The van der Waals surface area contributed by atoms with Gasteiger partial charge in [0.25, 0.3) is 22.7 Å². The van der Waals surface area contributed by atoms with Gasteiger partial charge >= 0.3 is 63.5 Å². The van der Waals surface area contributed by atoms with E-state index < -0.39 is 126 Å².